The van der Waals surface area contributed by atoms with Gasteiger partial charge in [-0.3, -0.25) is 4.90 Å². The Morgan fingerprint density at radius 3 is 2.55 bits per heavy atom. The summed E-state index contributed by atoms with van der Waals surface area (Å²) in [4.78, 5) is 2.17. The van der Waals surface area contributed by atoms with Crippen molar-refractivity contribution in [1.29, 1.82) is 5.26 Å². The fraction of sp³-hybridized carbons (Fsp3) is 0.462. The Hall–Kier alpha value is -0.380. The molecule has 0 spiro atoms. The van der Waals surface area contributed by atoms with E-state index in [1.165, 1.54) is 6.07 Å². The molecule has 1 heterocycles. The summed E-state index contributed by atoms with van der Waals surface area (Å²) in [5, 5.41) is 12.2. The molecule has 1 fully saturated rings. The SMILES string of the molecule is Cl.Cl.N#CC[C@H](c1ccc(Br)cc1F)N1CCNCC1. The van der Waals surface area contributed by atoms with Gasteiger partial charge in [0.05, 0.1) is 18.5 Å². The molecule has 20 heavy (non-hydrogen) atoms. The van der Waals surface area contributed by atoms with Crippen molar-refractivity contribution in [2.45, 2.75) is 12.5 Å². The molecule has 1 N–H and O–H groups in total. The molecular weight excluding hydrogens is 368 g/mol. The van der Waals surface area contributed by atoms with E-state index in [1.54, 1.807) is 6.07 Å². The van der Waals surface area contributed by atoms with Crippen LogP contribution >= 0.6 is 40.7 Å². The zero-order valence-corrected chi connectivity index (χ0v) is 14.0. The predicted molar refractivity (Wildman–Crippen MR) is 86.0 cm³/mol. The summed E-state index contributed by atoms with van der Waals surface area (Å²) in [7, 11) is 0. The van der Waals surface area contributed by atoms with Gasteiger partial charge in [-0.15, -0.1) is 24.8 Å². The Balaban J connectivity index is 0.00000180. The lowest BCUT2D eigenvalue weighted by atomic mass is 10.0. The molecule has 1 aromatic rings. The van der Waals surface area contributed by atoms with Crippen molar-refractivity contribution in [2.75, 3.05) is 26.2 Å². The van der Waals surface area contributed by atoms with E-state index in [4.69, 9.17) is 5.26 Å². The third kappa shape index (κ3) is 4.87. The first kappa shape index (κ1) is 19.6. The number of nitrogens with one attached hydrogen (secondary N) is 1. The standard InChI is InChI=1S/C13H15BrFN3.2ClH/c14-10-1-2-11(12(15)9-10)13(3-4-16)18-7-5-17-6-8-18;;/h1-2,9,13,17H,3,5-8H2;2*1H/t13-;;/m1../s1. The van der Waals surface area contributed by atoms with E-state index in [-0.39, 0.29) is 36.7 Å². The molecule has 0 saturated carbocycles. The maximum absolute atomic E-state index is 14.0. The summed E-state index contributed by atoms with van der Waals surface area (Å²) in [5.41, 5.74) is 0.613. The van der Waals surface area contributed by atoms with Crippen LogP contribution in [-0.2, 0) is 0 Å². The summed E-state index contributed by atoms with van der Waals surface area (Å²) in [6, 6.07) is 7.07. The van der Waals surface area contributed by atoms with Crippen LogP contribution in [-0.4, -0.2) is 31.1 Å². The molecule has 1 aliphatic heterocycles. The number of benzene rings is 1. The van der Waals surface area contributed by atoms with Crippen LogP contribution in [0.5, 0.6) is 0 Å². The molecule has 0 radical (unpaired) electrons. The van der Waals surface area contributed by atoms with Crippen molar-refractivity contribution < 1.29 is 4.39 Å². The number of hydrogen-bond donors (Lipinski definition) is 1. The number of rotatable bonds is 3. The fourth-order valence-electron chi connectivity index (χ4n) is 2.29. The van der Waals surface area contributed by atoms with Gasteiger partial charge in [-0.2, -0.15) is 5.26 Å². The highest BCUT2D eigenvalue weighted by atomic mass is 79.9. The lowest BCUT2D eigenvalue weighted by Gasteiger charge is -2.34. The van der Waals surface area contributed by atoms with Crippen molar-refractivity contribution in [3.63, 3.8) is 0 Å². The maximum Gasteiger partial charge on any atom is 0.129 e. The molecule has 3 nitrogen and oxygen atoms in total. The first-order chi connectivity index (χ1) is 8.72. The summed E-state index contributed by atoms with van der Waals surface area (Å²) >= 11 is 3.25. The number of halogens is 4. The summed E-state index contributed by atoms with van der Waals surface area (Å²) < 4.78 is 14.7. The third-order valence-electron chi connectivity index (χ3n) is 3.20. The van der Waals surface area contributed by atoms with Gasteiger partial charge >= 0.3 is 0 Å². The van der Waals surface area contributed by atoms with E-state index in [2.05, 4.69) is 32.2 Å². The van der Waals surface area contributed by atoms with Gasteiger partial charge in [0.1, 0.15) is 5.82 Å². The van der Waals surface area contributed by atoms with Gasteiger partial charge in [0, 0.05) is 36.2 Å². The minimum absolute atomic E-state index is 0. The molecule has 0 bridgehead atoms. The Morgan fingerprint density at radius 2 is 2.00 bits per heavy atom. The van der Waals surface area contributed by atoms with E-state index >= 15 is 0 Å². The highest BCUT2D eigenvalue weighted by molar-refractivity contribution is 9.10. The molecule has 0 unspecified atom stereocenters. The first-order valence-electron chi connectivity index (χ1n) is 5.99. The van der Waals surface area contributed by atoms with Crippen molar-refractivity contribution in [3.8, 4) is 6.07 Å². The lowest BCUT2D eigenvalue weighted by molar-refractivity contribution is 0.172. The molecule has 0 aromatic heterocycles. The molecule has 1 aliphatic rings. The van der Waals surface area contributed by atoms with Crippen LogP contribution in [0.3, 0.4) is 0 Å². The average molecular weight is 385 g/mol. The quantitative estimate of drug-likeness (QED) is 0.868. The monoisotopic (exact) mass is 383 g/mol. The molecule has 1 saturated heterocycles. The molecular formula is C13H17BrCl2FN3. The maximum atomic E-state index is 14.0. The number of nitriles is 1. The molecule has 1 aromatic carbocycles. The van der Waals surface area contributed by atoms with E-state index in [0.29, 0.717) is 12.0 Å². The van der Waals surface area contributed by atoms with Crippen LogP contribution in [0.4, 0.5) is 4.39 Å². The van der Waals surface area contributed by atoms with Crippen molar-refractivity contribution >= 4 is 40.7 Å². The van der Waals surface area contributed by atoms with E-state index in [9.17, 15) is 4.39 Å². The Morgan fingerprint density at radius 1 is 1.35 bits per heavy atom. The predicted octanol–water partition coefficient (Wildman–Crippen LogP) is 3.29. The Kier molecular flexibility index (Phi) is 9.36. The van der Waals surface area contributed by atoms with Crippen molar-refractivity contribution in [1.82, 2.24) is 10.2 Å². The van der Waals surface area contributed by atoms with Gasteiger partial charge in [-0.05, 0) is 12.1 Å². The number of piperazine rings is 1. The second-order valence-corrected chi connectivity index (χ2v) is 5.25. The first-order valence-corrected chi connectivity index (χ1v) is 6.78. The van der Waals surface area contributed by atoms with Crippen LogP contribution in [0.25, 0.3) is 0 Å². The molecule has 0 amide bonds. The summed E-state index contributed by atoms with van der Waals surface area (Å²) in [6.45, 7) is 3.48. The topological polar surface area (TPSA) is 39.1 Å². The zero-order valence-electron chi connectivity index (χ0n) is 10.8. The summed E-state index contributed by atoms with van der Waals surface area (Å²) in [6.07, 6.45) is 0.318. The van der Waals surface area contributed by atoms with Gasteiger partial charge in [-0.25, -0.2) is 4.39 Å². The molecule has 112 valence electrons. The highest BCUT2D eigenvalue weighted by Gasteiger charge is 2.24. The van der Waals surface area contributed by atoms with Gasteiger partial charge in [0.25, 0.3) is 0 Å². The normalized spacial score (nSPS) is 16.4. The number of nitrogens with zero attached hydrogens (tertiary/aromatic N) is 2. The smallest absolute Gasteiger partial charge is 0.129 e. The second-order valence-electron chi connectivity index (χ2n) is 4.33. The van der Waals surface area contributed by atoms with Crippen molar-refractivity contribution in [2.24, 2.45) is 0 Å². The van der Waals surface area contributed by atoms with Crippen LogP contribution in [0.15, 0.2) is 22.7 Å². The largest absolute Gasteiger partial charge is 0.314 e. The van der Waals surface area contributed by atoms with Crippen LogP contribution < -0.4 is 5.32 Å². The van der Waals surface area contributed by atoms with Gasteiger partial charge in [0.15, 0.2) is 0 Å². The van der Waals surface area contributed by atoms with Gasteiger partial charge in [0.2, 0.25) is 0 Å². The number of hydrogen-bond acceptors (Lipinski definition) is 3. The van der Waals surface area contributed by atoms with E-state index in [1.807, 2.05) is 6.07 Å². The van der Waals surface area contributed by atoms with E-state index < -0.39 is 0 Å². The minimum Gasteiger partial charge on any atom is -0.314 e. The fourth-order valence-corrected chi connectivity index (χ4v) is 2.62. The van der Waals surface area contributed by atoms with Gasteiger partial charge < -0.3 is 5.32 Å². The third-order valence-corrected chi connectivity index (χ3v) is 3.69. The lowest BCUT2D eigenvalue weighted by Crippen LogP contribution is -2.45. The summed E-state index contributed by atoms with van der Waals surface area (Å²) in [5.74, 6) is -0.247. The Labute approximate surface area is 139 Å². The average Bonchev–Trinajstić information content (AvgIpc) is 2.38. The molecule has 0 aliphatic carbocycles. The van der Waals surface area contributed by atoms with E-state index in [0.717, 1.165) is 30.7 Å². The Bertz CT molecular complexity index is 461. The van der Waals surface area contributed by atoms with Crippen LogP contribution in [0.1, 0.15) is 18.0 Å². The van der Waals surface area contributed by atoms with Crippen LogP contribution in [0.2, 0.25) is 0 Å². The molecule has 2 rings (SSSR count). The molecule has 7 heteroatoms. The zero-order chi connectivity index (χ0) is 13.0. The van der Waals surface area contributed by atoms with Crippen LogP contribution in [0, 0.1) is 17.1 Å². The molecule has 1 atom stereocenters. The second kappa shape index (κ2) is 9.54. The minimum atomic E-state index is -0.247. The van der Waals surface area contributed by atoms with Crippen molar-refractivity contribution in [3.05, 3.63) is 34.1 Å². The highest BCUT2D eigenvalue weighted by Crippen LogP contribution is 2.28. The van der Waals surface area contributed by atoms with Gasteiger partial charge in [-0.1, -0.05) is 22.0 Å².